The molecule has 1 heterocycles. The van der Waals surface area contributed by atoms with Gasteiger partial charge in [-0.3, -0.25) is 9.36 Å². The minimum Gasteiger partial charge on any atom is -0.293 e. The maximum Gasteiger partial charge on any atom is 0.257 e. The Morgan fingerprint density at radius 2 is 1.89 bits per heavy atom. The topological polar surface area (TPSA) is 34.9 Å². The Hall–Kier alpha value is -1.90. The van der Waals surface area contributed by atoms with Gasteiger partial charge in [-0.05, 0) is 32.6 Å². The highest BCUT2D eigenvalue weighted by Crippen LogP contribution is 2.21. The van der Waals surface area contributed by atoms with E-state index < -0.39 is 0 Å². The Labute approximate surface area is 112 Å². The van der Waals surface area contributed by atoms with Crippen LogP contribution in [0.3, 0.4) is 0 Å². The zero-order valence-electron chi connectivity index (χ0n) is 11.2. The second-order valence-corrected chi connectivity index (χ2v) is 4.98. The van der Waals surface area contributed by atoms with Crippen molar-refractivity contribution in [3.63, 3.8) is 0 Å². The molecule has 2 aromatic rings. The van der Waals surface area contributed by atoms with Gasteiger partial charge in [0.2, 0.25) is 0 Å². The van der Waals surface area contributed by atoms with Gasteiger partial charge in [0.05, 0.1) is 5.69 Å². The van der Waals surface area contributed by atoms with Gasteiger partial charge in [-0.25, -0.2) is 4.98 Å². The maximum atomic E-state index is 12.6. The van der Waals surface area contributed by atoms with Crippen LogP contribution in [0.5, 0.6) is 0 Å². The number of hydrogen-bond acceptors (Lipinski definition) is 2. The van der Waals surface area contributed by atoms with E-state index in [1.807, 2.05) is 37.3 Å². The monoisotopic (exact) mass is 254 g/mol. The first-order chi connectivity index (χ1) is 9.31. The lowest BCUT2D eigenvalue weighted by atomic mass is 9.97. The molecule has 1 aliphatic carbocycles. The molecule has 19 heavy (non-hydrogen) atoms. The van der Waals surface area contributed by atoms with Crippen molar-refractivity contribution in [1.82, 2.24) is 9.55 Å². The van der Waals surface area contributed by atoms with Gasteiger partial charge in [0.1, 0.15) is 5.82 Å². The fraction of sp³-hybridized carbons (Fsp3) is 0.375. The smallest absolute Gasteiger partial charge is 0.257 e. The highest BCUT2D eigenvalue weighted by molar-refractivity contribution is 5.55. The van der Waals surface area contributed by atoms with Crippen LogP contribution >= 0.6 is 0 Å². The zero-order valence-corrected chi connectivity index (χ0v) is 11.2. The Morgan fingerprint density at radius 3 is 2.63 bits per heavy atom. The largest absolute Gasteiger partial charge is 0.293 e. The standard InChI is InChI=1S/C16H18N2O/c1-2-18-15(12-8-4-3-5-9-12)17-14-11-7-6-10-13(14)16(18)19/h3-5,8-9H,2,6-7,10-11H2,1H3. The van der Waals surface area contributed by atoms with Crippen molar-refractivity contribution < 1.29 is 0 Å². The number of fused-ring (bicyclic) bond motifs is 1. The summed E-state index contributed by atoms with van der Waals surface area (Å²) in [6.07, 6.45) is 4.08. The molecule has 3 nitrogen and oxygen atoms in total. The van der Waals surface area contributed by atoms with Crippen molar-refractivity contribution in [3.05, 3.63) is 51.9 Å². The van der Waals surface area contributed by atoms with Gasteiger partial charge < -0.3 is 0 Å². The number of aromatic nitrogens is 2. The van der Waals surface area contributed by atoms with Crippen LogP contribution in [0.1, 0.15) is 31.0 Å². The van der Waals surface area contributed by atoms with E-state index in [1.165, 1.54) is 0 Å². The summed E-state index contributed by atoms with van der Waals surface area (Å²) < 4.78 is 1.81. The van der Waals surface area contributed by atoms with Crippen molar-refractivity contribution >= 4 is 0 Å². The third-order valence-corrected chi connectivity index (χ3v) is 3.79. The lowest BCUT2D eigenvalue weighted by Gasteiger charge is -2.19. The molecule has 3 heteroatoms. The Bertz CT molecular complexity index is 644. The van der Waals surface area contributed by atoms with E-state index in [0.717, 1.165) is 48.3 Å². The minimum atomic E-state index is 0.158. The molecule has 0 amide bonds. The van der Waals surface area contributed by atoms with Crippen LogP contribution in [-0.2, 0) is 19.4 Å². The zero-order chi connectivity index (χ0) is 13.2. The number of hydrogen-bond donors (Lipinski definition) is 0. The van der Waals surface area contributed by atoms with Crippen molar-refractivity contribution in [2.45, 2.75) is 39.2 Å². The second kappa shape index (κ2) is 5.00. The fourth-order valence-electron chi connectivity index (χ4n) is 2.79. The van der Waals surface area contributed by atoms with Crippen molar-refractivity contribution in [2.75, 3.05) is 0 Å². The molecule has 3 rings (SSSR count). The first-order valence-corrected chi connectivity index (χ1v) is 6.99. The van der Waals surface area contributed by atoms with Gasteiger partial charge in [-0.1, -0.05) is 30.3 Å². The Balaban J connectivity index is 2.25. The molecule has 0 bridgehead atoms. The molecule has 98 valence electrons. The lowest BCUT2D eigenvalue weighted by molar-refractivity contribution is 0.621. The summed E-state index contributed by atoms with van der Waals surface area (Å²) >= 11 is 0. The number of benzene rings is 1. The molecule has 0 spiro atoms. The molecule has 0 radical (unpaired) electrons. The molecule has 0 saturated carbocycles. The molecule has 0 saturated heterocycles. The summed E-state index contributed by atoms with van der Waals surface area (Å²) in [4.78, 5) is 17.3. The lowest BCUT2D eigenvalue weighted by Crippen LogP contribution is -2.29. The predicted molar refractivity (Wildman–Crippen MR) is 76.2 cm³/mol. The quantitative estimate of drug-likeness (QED) is 0.826. The van der Waals surface area contributed by atoms with Gasteiger partial charge in [-0.15, -0.1) is 0 Å². The van der Waals surface area contributed by atoms with Crippen LogP contribution in [0.25, 0.3) is 11.4 Å². The van der Waals surface area contributed by atoms with Gasteiger partial charge in [-0.2, -0.15) is 0 Å². The van der Waals surface area contributed by atoms with Crippen LogP contribution in [0, 0.1) is 0 Å². The maximum absolute atomic E-state index is 12.6. The van der Waals surface area contributed by atoms with Crippen molar-refractivity contribution in [2.24, 2.45) is 0 Å². The Kier molecular flexibility index (Phi) is 3.20. The van der Waals surface area contributed by atoms with E-state index in [1.54, 1.807) is 4.57 Å². The summed E-state index contributed by atoms with van der Waals surface area (Å²) in [6, 6.07) is 9.99. The van der Waals surface area contributed by atoms with Crippen LogP contribution in [0.15, 0.2) is 35.1 Å². The number of aryl methyl sites for hydroxylation is 1. The van der Waals surface area contributed by atoms with Crippen molar-refractivity contribution in [1.29, 1.82) is 0 Å². The highest BCUT2D eigenvalue weighted by atomic mass is 16.1. The number of rotatable bonds is 2. The first-order valence-electron chi connectivity index (χ1n) is 6.99. The molecular formula is C16H18N2O. The first kappa shape index (κ1) is 12.2. The minimum absolute atomic E-state index is 0.158. The summed E-state index contributed by atoms with van der Waals surface area (Å²) in [6.45, 7) is 2.67. The van der Waals surface area contributed by atoms with E-state index in [2.05, 4.69) is 0 Å². The fourth-order valence-corrected chi connectivity index (χ4v) is 2.79. The molecule has 1 aliphatic rings. The molecule has 1 aromatic heterocycles. The van der Waals surface area contributed by atoms with E-state index in [0.29, 0.717) is 6.54 Å². The highest BCUT2D eigenvalue weighted by Gasteiger charge is 2.19. The van der Waals surface area contributed by atoms with Crippen molar-refractivity contribution in [3.8, 4) is 11.4 Å². The van der Waals surface area contributed by atoms with Gasteiger partial charge in [0, 0.05) is 17.7 Å². The average Bonchev–Trinajstić information content (AvgIpc) is 2.48. The molecule has 0 unspecified atom stereocenters. The van der Waals surface area contributed by atoms with Crippen LogP contribution in [-0.4, -0.2) is 9.55 Å². The molecule has 0 N–H and O–H groups in total. The third kappa shape index (κ3) is 2.09. The van der Waals surface area contributed by atoms with Crippen LogP contribution in [0.4, 0.5) is 0 Å². The third-order valence-electron chi connectivity index (χ3n) is 3.79. The molecule has 1 aromatic carbocycles. The van der Waals surface area contributed by atoms with Gasteiger partial charge in [0.25, 0.3) is 5.56 Å². The normalized spacial score (nSPS) is 14.2. The second-order valence-electron chi connectivity index (χ2n) is 4.98. The van der Waals surface area contributed by atoms with Crippen LogP contribution in [0.2, 0.25) is 0 Å². The summed E-state index contributed by atoms with van der Waals surface area (Å²) in [5.41, 5.74) is 3.13. The van der Waals surface area contributed by atoms with E-state index >= 15 is 0 Å². The van der Waals surface area contributed by atoms with E-state index in [-0.39, 0.29) is 5.56 Å². The SMILES string of the molecule is CCn1c(-c2ccccc2)nc2c(c1=O)CCCC2. The molecule has 0 aliphatic heterocycles. The average molecular weight is 254 g/mol. The molecular weight excluding hydrogens is 236 g/mol. The van der Waals surface area contributed by atoms with Crippen LogP contribution < -0.4 is 5.56 Å². The van der Waals surface area contributed by atoms with E-state index in [4.69, 9.17) is 4.98 Å². The number of nitrogens with zero attached hydrogens (tertiary/aromatic N) is 2. The summed E-state index contributed by atoms with van der Waals surface area (Å²) in [7, 11) is 0. The van der Waals surface area contributed by atoms with Gasteiger partial charge in [0.15, 0.2) is 0 Å². The molecule has 0 fully saturated rings. The van der Waals surface area contributed by atoms with Gasteiger partial charge >= 0.3 is 0 Å². The Morgan fingerprint density at radius 1 is 1.16 bits per heavy atom. The predicted octanol–water partition coefficient (Wildman–Crippen LogP) is 2.81. The summed E-state index contributed by atoms with van der Waals surface area (Å²) in [5.74, 6) is 0.814. The summed E-state index contributed by atoms with van der Waals surface area (Å²) in [5, 5.41) is 0. The molecule has 0 atom stereocenters. The van der Waals surface area contributed by atoms with E-state index in [9.17, 15) is 4.79 Å².